The monoisotopic (exact) mass is 432 g/mol. The van der Waals surface area contributed by atoms with Crippen LogP contribution in [-0.4, -0.2) is 75.9 Å². The van der Waals surface area contributed by atoms with E-state index in [9.17, 15) is 18.0 Å². The first-order valence-electron chi connectivity index (χ1n) is 8.81. The van der Waals surface area contributed by atoms with E-state index in [1.165, 1.54) is 25.3 Å². The highest BCUT2D eigenvalue weighted by molar-refractivity contribution is 7.89. The van der Waals surface area contributed by atoms with Crippen LogP contribution in [-0.2, 0) is 14.8 Å². The quantitative estimate of drug-likeness (QED) is 0.679. The molecule has 2 aliphatic rings. The van der Waals surface area contributed by atoms with Gasteiger partial charge in [0.2, 0.25) is 15.9 Å². The smallest absolute Gasteiger partial charge is 0.257 e. The number of carbonyl (C=O) groups is 2. The minimum absolute atomic E-state index is 0. The Balaban J connectivity index is 0.00000280. The molecule has 1 aromatic carbocycles. The van der Waals surface area contributed by atoms with Gasteiger partial charge in [0.1, 0.15) is 5.75 Å². The molecule has 3 N–H and O–H groups in total. The number of halogens is 1. The Morgan fingerprint density at radius 1 is 1.32 bits per heavy atom. The van der Waals surface area contributed by atoms with Gasteiger partial charge in [-0.3, -0.25) is 9.59 Å². The van der Waals surface area contributed by atoms with E-state index in [1.54, 1.807) is 4.90 Å². The molecule has 2 heterocycles. The van der Waals surface area contributed by atoms with Crippen molar-refractivity contribution in [2.45, 2.75) is 23.8 Å². The van der Waals surface area contributed by atoms with Gasteiger partial charge in [-0.1, -0.05) is 0 Å². The fourth-order valence-corrected chi connectivity index (χ4v) is 4.14. The Morgan fingerprint density at radius 3 is 2.71 bits per heavy atom. The third-order valence-electron chi connectivity index (χ3n) is 4.98. The van der Waals surface area contributed by atoms with E-state index < -0.39 is 10.0 Å². The van der Waals surface area contributed by atoms with Crippen LogP contribution in [0.3, 0.4) is 0 Å². The number of nitrogens with one attached hydrogen (secondary N) is 1. The van der Waals surface area contributed by atoms with Gasteiger partial charge in [-0.05, 0) is 31.0 Å². The van der Waals surface area contributed by atoms with Gasteiger partial charge >= 0.3 is 0 Å². The first-order chi connectivity index (χ1) is 12.8. The topological polar surface area (TPSA) is 122 Å². The summed E-state index contributed by atoms with van der Waals surface area (Å²) in [4.78, 5) is 28.6. The van der Waals surface area contributed by atoms with E-state index in [1.807, 2.05) is 4.90 Å². The number of rotatable bonds is 4. The number of primary sulfonamides is 1. The number of piperazine rings is 1. The molecule has 0 spiro atoms. The number of sulfonamides is 1. The minimum Gasteiger partial charge on any atom is -0.496 e. The van der Waals surface area contributed by atoms with Gasteiger partial charge in [0.05, 0.1) is 24.1 Å². The van der Waals surface area contributed by atoms with E-state index in [4.69, 9.17) is 9.88 Å². The third kappa shape index (κ3) is 4.75. The summed E-state index contributed by atoms with van der Waals surface area (Å²) in [5, 5.41) is 8.23. The predicted molar refractivity (Wildman–Crippen MR) is 105 cm³/mol. The Bertz CT molecular complexity index is 848. The predicted octanol–water partition coefficient (Wildman–Crippen LogP) is -0.199. The molecule has 1 aromatic rings. The van der Waals surface area contributed by atoms with Crippen LogP contribution in [0.1, 0.15) is 23.2 Å². The van der Waals surface area contributed by atoms with E-state index in [0.29, 0.717) is 26.2 Å². The Labute approximate surface area is 170 Å². The van der Waals surface area contributed by atoms with E-state index in [2.05, 4.69) is 5.32 Å². The number of carbonyl (C=O) groups excluding carboxylic acids is 2. The second-order valence-corrected chi connectivity index (χ2v) is 8.28. The second-order valence-electron chi connectivity index (χ2n) is 6.72. The molecular weight excluding hydrogens is 408 g/mol. The summed E-state index contributed by atoms with van der Waals surface area (Å²) in [5.74, 6) is -0.00763. The molecule has 0 radical (unpaired) electrons. The van der Waals surface area contributed by atoms with Crippen LogP contribution in [0.15, 0.2) is 23.1 Å². The number of benzene rings is 1. The number of piperidine rings is 1. The zero-order valence-electron chi connectivity index (χ0n) is 15.6. The van der Waals surface area contributed by atoms with Crippen LogP contribution in [0.5, 0.6) is 5.75 Å². The highest BCUT2D eigenvalue weighted by atomic mass is 35.5. The lowest BCUT2D eigenvalue weighted by Gasteiger charge is -2.41. The molecule has 1 atom stereocenters. The molecule has 3 rings (SSSR count). The van der Waals surface area contributed by atoms with Crippen LogP contribution in [0.25, 0.3) is 0 Å². The highest BCUT2D eigenvalue weighted by Crippen LogP contribution is 2.26. The third-order valence-corrected chi connectivity index (χ3v) is 5.89. The summed E-state index contributed by atoms with van der Waals surface area (Å²) in [6.45, 7) is 2.62. The van der Waals surface area contributed by atoms with Gasteiger partial charge in [-0.25, -0.2) is 13.6 Å². The number of hydrogen-bond donors (Lipinski definition) is 2. The number of methoxy groups -OCH3 is 1. The number of likely N-dealkylation sites (tertiary alicyclic amines) is 1. The maximum absolute atomic E-state index is 13.1. The molecule has 2 fully saturated rings. The van der Waals surface area contributed by atoms with Crippen molar-refractivity contribution in [3.05, 3.63) is 23.8 Å². The first-order valence-corrected chi connectivity index (χ1v) is 10.4. The van der Waals surface area contributed by atoms with E-state index in [0.717, 1.165) is 19.4 Å². The van der Waals surface area contributed by atoms with Gasteiger partial charge in [0, 0.05) is 32.2 Å². The average molecular weight is 433 g/mol. The number of amides is 2. The van der Waals surface area contributed by atoms with Gasteiger partial charge in [0.25, 0.3) is 5.91 Å². The molecule has 9 nitrogen and oxygen atoms in total. The number of hydrogen-bond acceptors (Lipinski definition) is 6. The molecule has 28 heavy (non-hydrogen) atoms. The van der Waals surface area contributed by atoms with Crippen molar-refractivity contribution in [1.82, 2.24) is 15.1 Å². The van der Waals surface area contributed by atoms with Crippen molar-refractivity contribution < 1.29 is 22.7 Å². The Morgan fingerprint density at radius 2 is 2.07 bits per heavy atom. The molecule has 0 aromatic heterocycles. The molecule has 0 aliphatic carbocycles. The minimum atomic E-state index is -3.94. The van der Waals surface area contributed by atoms with Crippen LogP contribution in [0.4, 0.5) is 0 Å². The number of nitrogens with zero attached hydrogens (tertiary/aromatic N) is 2. The fourth-order valence-electron chi connectivity index (χ4n) is 3.60. The van der Waals surface area contributed by atoms with Gasteiger partial charge < -0.3 is 19.9 Å². The molecule has 2 saturated heterocycles. The van der Waals surface area contributed by atoms with Crippen LogP contribution >= 0.6 is 12.4 Å². The summed E-state index contributed by atoms with van der Waals surface area (Å²) in [5.41, 5.74) is 0.149. The van der Waals surface area contributed by atoms with Crippen molar-refractivity contribution in [1.29, 1.82) is 0 Å². The summed E-state index contributed by atoms with van der Waals surface area (Å²) in [6.07, 6.45) is 1.61. The van der Waals surface area contributed by atoms with E-state index >= 15 is 0 Å². The Kier molecular flexibility index (Phi) is 7.27. The van der Waals surface area contributed by atoms with Crippen molar-refractivity contribution in [3.8, 4) is 5.75 Å². The highest BCUT2D eigenvalue weighted by Gasteiger charge is 2.33. The molecule has 156 valence electrons. The zero-order valence-corrected chi connectivity index (χ0v) is 17.2. The van der Waals surface area contributed by atoms with E-state index in [-0.39, 0.29) is 46.5 Å². The average Bonchev–Trinajstić information content (AvgIpc) is 2.66. The maximum Gasteiger partial charge on any atom is 0.257 e. The normalized spacial score (nSPS) is 20.5. The van der Waals surface area contributed by atoms with Gasteiger partial charge in [-0.15, -0.1) is 12.4 Å². The van der Waals surface area contributed by atoms with Crippen molar-refractivity contribution >= 4 is 34.2 Å². The molecule has 1 unspecified atom stereocenters. The molecule has 2 amide bonds. The lowest BCUT2D eigenvalue weighted by molar-refractivity contribution is -0.135. The standard InChI is InChI=1S/C17H24N4O5S.ClH/c1-26-15-5-4-13(27(18,24)25)9-14(15)17(23)20-7-2-3-12(11-20)21-8-6-19-10-16(21)22;/h4-5,9,12,19H,2-3,6-8,10-11H2,1H3,(H2,18,24,25);1H. The largest absolute Gasteiger partial charge is 0.496 e. The van der Waals surface area contributed by atoms with Crippen molar-refractivity contribution in [2.24, 2.45) is 5.14 Å². The first kappa shape index (κ1) is 22.4. The molecule has 11 heteroatoms. The summed E-state index contributed by atoms with van der Waals surface area (Å²) >= 11 is 0. The lowest BCUT2D eigenvalue weighted by Crippen LogP contribution is -2.57. The second kappa shape index (κ2) is 9.08. The maximum atomic E-state index is 13.1. The number of nitrogens with two attached hydrogens (primary N) is 1. The Hall–Kier alpha value is -1.88. The lowest BCUT2D eigenvalue weighted by atomic mass is 10.0. The van der Waals surface area contributed by atoms with Crippen molar-refractivity contribution in [2.75, 3.05) is 39.8 Å². The summed E-state index contributed by atoms with van der Waals surface area (Å²) in [7, 11) is -2.52. The summed E-state index contributed by atoms with van der Waals surface area (Å²) < 4.78 is 28.5. The van der Waals surface area contributed by atoms with Crippen LogP contribution in [0, 0.1) is 0 Å². The molecule has 0 bridgehead atoms. The van der Waals surface area contributed by atoms with Crippen LogP contribution < -0.4 is 15.2 Å². The fraction of sp³-hybridized carbons (Fsp3) is 0.529. The van der Waals surface area contributed by atoms with Gasteiger partial charge in [0.15, 0.2) is 0 Å². The molecular formula is C17H25ClN4O5S. The van der Waals surface area contributed by atoms with Crippen LogP contribution in [0.2, 0.25) is 0 Å². The molecule has 0 saturated carbocycles. The van der Waals surface area contributed by atoms with Crippen molar-refractivity contribution in [3.63, 3.8) is 0 Å². The summed E-state index contributed by atoms with van der Waals surface area (Å²) in [6, 6.07) is 3.94. The van der Waals surface area contributed by atoms with Gasteiger partial charge in [-0.2, -0.15) is 0 Å². The SMILES string of the molecule is COc1ccc(S(N)(=O)=O)cc1C(=O)N1CCCC(N2CCNCC2=O)C1.Cl. The zero-order chi connectivity index (χ0) is 19.6. The number of ether oxygens (including phenoxy) is 1. The molecule has 2 aliphatic heterocycles.